The summed E-state index contributed by atoms with van der Waals surface area (Å²) < 4.78 is 29.1. The number of likely N-dealkylation sites (N-methyl/N-ethyl adjacent to an activating group) is 1. The molecule has 2 aromatic heterocycles. The number of aromatic nitrogens is 2. The number of piperazine rings is 1. The second-order valence-electron chi connectivity index (χ2n) is 8.96. The second-order valence-corrected chi connectivity index (χ2v) is 11.7. The van der Waals surface area contributed by atoms with Crippen LogP contribution >= 0.6 is 15.9 Å². The number of hydrogen-bond acceptors (Lipinski definition) is 5. The summed E-state index contributed by atoms with van der Waals surface area (Å²) in [4.78, 5) is 9.53. The van der Waals surface area contributed by atoms with E-state index in [1.54, 1.807) is 24.5 Å². The summed E-state index contributed by atoms with van der Waals surface area (Å²) in [6.45, 7) is 7.19. The molecule has 1 aliphatic rings. The Morgan fingerprint density at radius 1 is 0.971 bits per heavy atom. The van der Waals surface area contributed by atoms with Crippen LogP contribution < -0.4 is 0 Å². The fraction of sp³-hybridized carbons (Fsp3) is 0.269. The van der Waals surface area contributed by atoms with Crippen molar-refractivity contribution in [2.24, 2.45) is 0 Å². The molecular weight excluding hydrogens is 512 g/mol. The Balaban J connectivity index is 1.51. The fourth-order valence-electron chi connectivity index (χ4n) is 4.34. The number of hydrogen-bond donors (Lipinski definition) is 0. The Kier molecular flexibility index (Phi) is 6.33. The number of aryl methyl sites for hydroxylation is 1. The van der Waals surface area contributed by atoms with Crippen LogP contribution in [-0.2, 0) is 16.6 Å². The molecule has 0 spiro atoms. The highest BCUT2D eigenvalue weighted by Crippen LogP contribution is 2.34. The van der Waals surface area contributed by atoms with Gasteiger partial charge in [0.2, 0.25) is 0 Å². The lowest BCUT2D eigenvalue weighted by Gasteiger charge is -2.32. The van der Waals surface area contributed by atoms with Gasteiger partial charge in [0.05, 0.1) is 4.90 Å². The molecule has 0 atom stereocenters. The largest absolute Gasteiger partial charge is 0.304 e. The summed E-state index contributed by atoms with van der Waals surface area (Å²) >= 11 is 3.49. The van der Waals surface area contributed by atoms with Gasteiger partial charge in [0.1, 0.15) is 0 Å². The van der Waals surface area contributed by atoms with Gasteiger partial charge in [-0.2, -0.15) is 0 Å². The average Bonchev–Trinajstić information content (AvgIpc) is 3.21. The van der Waals surface area contributed by atoms with Crippen LogP contribution in [0.15, 0.2) is 76.4 Å². The van der Waals surface area contributed by atoms with E-state index in [1.807, 2.05) is 25.1 Å². The minimum Gasteiger partial charge on any atom is -0.304 e. The number of halogens is 1. The Morgan fingerprint density at radius 3 is 2.32 bits per heavy atom. The number of nitrogens with zero attached hydrogens (tertiary/aromatic N) is 4. The molecule has 3 heterocycles. The van der Waals surface area contributed by atoms with Crippen LogP contribution in [-0.4, -0.2) is 60.4 Å². The van der Waals surface area contributed by atoms with Crippen molar-refractivity contribution in [1.29, 1.82) is 0 Å². The van der Waals surface area contributed by atoms with E-state index in [-0.39, 0.29) is 4.90 Å². The van der Waals surface area contributed by atoms with Crippen molar-refractivity contribution < 1.29 is 8.42 Å². The van der Waals surface area contributed by atoms with E-state index in [2.05, 4.69) is 62.0 Å². The molecule has 0 amide bonds. The fourth-order valence-corrected chi connectivity index (χ4v) is 6.00. The lowest BCUT2D eigenvalue weighted by molar-refractivity contribution is 0.148. The molecule has 0 bridgehead atoms. The highest BCUT2D eigenvalue weighted by molar-refractivity contribution is 9.10. The monoisotopic (exact) mass is 538 g/mol. The minimum absolute atomic E-state index is 0.244. The molecule has 176 valence electrons. The van der Waals surface area contributed by atoms with Gasteiger partial charge in [-0.1, -0.05) is 42.0 Å². The van der Waals surface area contributed by atoms with Crippen LogP contribution in [0.1, 0.15) is 11.1 Å². The van der Waals surface area contributed by atoms with Crippen molar-refractivity contribution in [3.05, 3.63) is 82.6 Å². The van der Waals surface area contributed by atoms with E-state index < -0.39 is 10.0 Å². The number of benzene rings is 2. The Morgan fingerprint density at radius 2 is 1.65 bits per heavy atom. The Labute approximate surface area is 209 Å². The molecule has 0 saturated carbocycles. The van der Waals surface area contributed by atoms with Crippen LogP contribution in [0.4, 0.5) is 0 Å². The first-order valence-corrected chi connectivity index (χ1v) is 13.5. The lowest BCUT2D eigenvalue weighted by atomic mass is 10.0. The van der Waals surface area contributed by atoms with E-state index in [1.165, 1.54) is 9.54 Å². The first-order valence-electron chi connectivity index (χ1n) is 11.3. The molecule has 2 aromatic carbocycles. The zero-order valence-electron chi connectivity index (χ0n) is 19.3. The van der Waals surface area contributed by atoms with Gasteiger partial charge < -0.3 is 4.90 Å². The first-order chi connectivity index (χ1) is 16.3. The van der Waals surface area contributed by atoms with Crippen LogP contribution in [0.3, 0.4) is 0 Å². The lowest BCUT2D eigenvalue weighted by Crippen LogP contribution is -2.43. The molecule has 0 radical (unpaired) electrons. The van der Waals surface area contributed by atoms with Crippen molar-refractivity contribution >= 4 is 37.0 Å². The molecule has 8 heteroatoms. The van der Waals surface area contributed by atoms with E-state index in [4.69, 9.17) is 0 Å². The van der Waals surface area contributed by atoms with Crippen LogP contribution in [0.25, 0.3) is 22.2 Å². The standard InChI is InChI=1S/C26H27BrN4O2S/c1-19-3-9-23(10-4-19)34(32,33)31-18-25(24-15-22(27)16-28-26(24)31)21-7-5-20(6-8-21)17-30-13-11-29(2)12-14-30/h3-10,15-16,18H,11-14,17H2,1-2H3. The summed E-state index contributed by atoms with van der Waals surface area (Å²) in [5.41, 5.74) is 4.48. The maximum absolute atomic E-state index is 13.5. The third-order valence-corrected chi connectivity index (χ3v) is 8.52. The van der Waals surface area contributed by atoms with Gasteiger partial charge in [0, 0.05) is 60.5 Å². The van der Waals surface area contributed by atoms with Gasteiger partial charge in [-0.15, -0.1) is 0 Å². The molecule has 1 fully saturated rings. The van der Waals surface area contributed by atoms with Crippen LogP contribution in [0.2, 0.25) is 0 Å². The maximum Gasteiger partial charge on any atom is 0.269 e. The summed E-state index contributed by atoms with van der Waals surface area (Å²) in [5.74, 6) is 0. The highest BCUT2D eigenvalue weighted by Gasteiger charge is 2.23. The summed E-state index contributed by atoms with van der Waals surface area (Å²) in [6, 6.07) is 17.2. The smallest absolute Gasteiger partial charge is 0.269 e. The summed E-state index contributed by atoms with van der Waals surface area (Å²) in [7, 11) is -1.62. The Bertz CT molecular complexity index is 1420. The van der Waals surface area contributed by atoms with Gasteiger partial charge in [0.25, 0.3) is 10.0 Å². The predicted octanol–water partition coefficient (Wildman–Crippen LogP) is 4.76. The summed E-state index contributed by atoms with van der Waals surface area (Å²) in [6.07, 6.45) is 3.32. The SMILES string of the molecule is Cc1ccc(S(=O)(=O)n2cc(-c3ccc(CN4CCN(C)CC4)cc3)c3cc(Br)cnc32)cc1. The number of pyridine rings is 1. The van der Waals surface area contributed by atoms with Crippen molar-refractivity contribution in [2.45, 2.75) is 18.4 Å². The van der Waals surface area contributed by atoms with E-state index >= 15 is 0 Å². The topological polar surface area (TPSA) is 58.4 Å². The molecule has 5 rings (SSSR count). The average molecular weight is 539 g/mol. The second kappa shape index (κ2) is 9.26. The maximum atomic E-state index is 13.5. The van der Waals surface area contributed by atoms with Crippen molar-refractivity contribution in [2.75, 3.05) is 33.2 Å². The first kappa shape index (κ1) is 23.2. The van der Waals surface area contributed by atoms with Gasteiger partial charge in [-0.05, 0) is 59.2 Å². The molecule has 0 unspecified atom stereocenters. The molecule has 1 aliphatic heterocycles. The molecule has 1 saturated heterocycles. The molecule has 0 aliphatic carbocycles. The third kappa shape index (κ3) is 4.55. The van der Waals surface area contributed by atoms with E-state index in [0.717, 1.165) is 59.3 Å². The zero-order chi connectivity index (χ0) is 23.9. The summed E-state index contributed by atoms with van der Waals surface area (Å²) in [5, 5.41) is 0.789. The van der Waals surface area contributed by atoms with E-state index in [9.17, 15) is 8.42 Å². The van der Waals surface area contributed by atoms with Gasteiger partial charge in [-0.3, -0.25) is 4.90 Å². The molecule has 6 nitrogen and oxygen atoms in total. The molecule has 34 heavy (non-hydrogen) atoms. The zero-order valence-corrected chi connectivity index (χ0v) is 21.7. The quantitative estimate of drug-likeness (QED) is 0.366. The van der Waals surface area contributed by atoms with Crippen LogP contribution in [0.5, 0.6) is 0 Å². The minimum atomic E-state index is -3.79. The highest BCUT2D eigenvalue weighted by atomic mass is 79.9. The number of rotatable bonds is 5. The van der Waals surface area contributed by atoms with E-state index in [0.29, 0.717) is 5.65 Å². The van der Waals surface area contributed by atoms with Gasteiger partial charge in [-0.25, -0.2) is 17.4 Å². The van der Waals surface area contributed by atoms with Gasteiger partial charge >= 0.3 is 0 Å². The normalized spacial score (nSPS) is 15.7. The molecule has 0 N–H and O–H groups in total. The molecule has 4 aromatic rings. The predicted molar refractivity (Wildman–Crippen MR) is 139 cm³/mol. The Hall–Kier alpha value is -2.52. The van der Waals surface area contributed by atoms with Crippen molar-refractivity contribution in [1.82, 2.24) is 18.8 Å². The third-order valence-electron chi connectivity index (χ3n) is 6.42. The van der Waals surface area contributed by atoms with Crippen molar-refractivity contribution in [3.63, 3.8) is 0 Å². The van der Waals surface area contributed by atoms with Crippen molar-refractivity contribution in [3.8, 4) is 11.1 Å². The molecular formula is C26H27BrN4O2S. The van der Waals surface area contributed by atoms with Gasteiger partial charge in [0.15, 0.2) is 5.65 Å². The number of fused-ring (bicyclic) bond motifs is 1. The van der Waals surface area contributed by atoms with Crippen LogP contribution in [0, 0.1) is 6.92 Å².